The minimum atomic E-state index is -3.51. The highest BCUT2D eigenvalue weighted by atomic mass is 32.2. The third-order valence-electron chi connectivity index (χ3n) is 4.54. The highest BCUT2D eigenvalue weighted by molar-refractivity contribution is 7.89. The van der Waals surface area contributed by atoms with Crippen molar-refractivity contribution >= 4 is 10.0 Å². The predicted molar refractivity (Wildman–Crippen MR) is 83.6 cm³/mol. The van der Waals surface area contributed by atoms with Crippen molar-refractivity contribution in [1.82, 2.24) is 4.31 Å². The molecule has 1 heterocycles. The number of aryl methyl sites for hydroxylation is 2. The fourth-order valence-electron chi connectivity index (χ4n) is 3.30. The fraction of sp³-hybridized carbons (Fsp3) is 0.625. The molecule has 1 saturated heterocycles. The maximum Gasteiger partial charge on any atom is 0.243 e. The SMILES string of the molecule is CCC1CCC(C)N1S(=O)(=O)c1cc(CO)c(C)cc1C. The van der Waals surface area contributed by atoms with E-state index < -0.39 is 10.0 Å². The van der Waals surface area contributed by atoms with Crippen LogP contribution in [-0.4, -0.2) is 29.9 Å². The molecule has 4 nitrogen and oxygen atoms in total. The van der Waals surface area contributed by atoms with Crippen molar-refractivity contribution in [2.45, 2.75) is 70.5 Å². The van der Waals surface area contributed by atoms with Crippen LogP contribution in [-0.2, 0) is 16.6 Å². The lowest BCUT2D eigenvalue weighted by Crippen LogP contribution is -2.40. The van der Waals surface area contributed by atoms with E-state index in [1.54, 1.807) is 10.4 Å². The van der Waals surface area contributed by atoms with Gasteiger partial charge in [0, 0.05) is 12.1 Å². The van der Waals surface area contributed by atoms with E-state index in [9.17, 15) is 13.5 Å². The summed E-state index contributed by atoms with van der Waals surface area (Å²) >= 11 is 0. The van der Waals surface area contributed by atoms with Crippen molar-refractivity contribution in [2.75, 3.05) is 0 Å². The second kappa shape index (κ2) is 6.07. The first kappa shape index (κ1) is 16.5. The van der Waals surface area contributed by atoms with E-state index in [-0.39, 0.29) is 18.7 Å². The van der Waals surface area contributed by atoms with Gasteiger partial charge in [-0.15, -0.1) is 0 Å². The van der Waals surface area contributed by atoms with Crippen molar-refractivity contribution in [1.29, 1.82) is 0 Å². The van der Waals surface area contributed by atoms with E-state index >= 15 is 0 Å². The van der Waals surface area contributed by atoms with Crippen molar-refractivity contribution in [3.63, 3.8) is 0 Å². The summed E-state index contributed by atoms with van der Waals surface area (Å²) < 4.78 is 27.8. The van der Waals surface area contributed by atoms with Crippen LogP contribution in [0.3, 0.4) is 0 Å². The van der Waals surface area contributed by atoms with Crippen LogP contribution < -0.4 is 0 Å². The summed E-state index contributed by atoms with van der Waals surface area (Å²) in [5.74, 6) is 0. The van der Waals surface area contributed by atoms with Gasteiger partial charge in [0.25, 0.3) is 0 Å². The second-order valence-electron chi connectivity index (χ2n) is 6.03. The van der Waals surface area contributed by atoms with Gasteiger partial charge in [0.05, 0.1) is 11.5 Å². The van der Waals surface area contributed by atoms with Gasteiger partial charge in [-0.05, 0) is 62.8 Å². The number of aliphatic hydroxyl groups excluding tert-OH is 1. The highest BCUT2D eigenvalue weighted by Gasteiger charge is 2.39. The maximum absolute atomic E-state index is 13.1. The van der Waals surface area contributed by atoms with E-state index in [2.05, 4.69) is 0 Å². The lowest BCUT2D eigenvalue weighted by molar-refractivity contribution is 0.280. The molecule has 1 N–H and O–H groups in total. The Morgan fingerprint density at radius 2 is 1.90 bits per heavy atom. The number of aliphatic hydroxyl groups is 1. The van der Waals surface area contributed by atoms with E-state index in [4.69, 9.17) is 0 Å². The minimum Gasteiger partial charge on any atom is -0.392 e. The first-order valence-electron chi connectivity index (χ1n) is 7.57. The molecule has 1 aromatic carbocycles. The third kappa shape index (κ3) is 2.87. The van der Waals surface area contributed by atoms with Crippen molar-refractivity contribution < 1.29 is 13.5 Å². The first-order chi connectivity index (χ1) is 9.82. The predicted octanol–water partition coefficient (Wildman–Crippen LogP) is 2.75. The van der Waals surface area contributed by atoms with Gasteiger partial charge >= 0.3 is 0 Å². The molecule has 0 spiro atoms. The number of hydrogen-bond acceptors (Lipinski definition) is 3. The van der Waals surface area contributed by atoms with Gasteiger partial charge in [0.1, 0.15) is 0 Å². The van der Waals surface area contributed by atoms with E-state index in [0.717, 1.165) is 30.4 Å². The van der Waals surface area contributed by atoms with Gasteiger partial charge in [-0.3, -0.25) is 0 Å². The smallest absolute Gasteiger partial charge is 0.243 e. The Morgan fingerprint density at radius 1 is 1.24 bits per heavy atom. The molecule has 5 heteroatoms. The third-order valence-corrected chi connectivity index (χ3v) is 6.75. The number of hydrogen-bond donors (Lipinski definition) is 1. The van der Waals surface area contributed by atoms with Crippen LogP contribution in [0, 0.1) is 13.8 Å². The largest absolute Gasteiger partial charge is 0.392 e. The molecule has 118 valence electrons. The molecule has 0 saturated carbocycles. The molecule has 21 heavy (non-hydrogen) atoms. The van der Waals surface area contributed by atoms with Gasteiger partial charge in [0.15, 0.2) is 0 Å². The standard InChI is InChI=1S/C16H25NO3S/c1-5-15-7-6-13(4)17(15)21(19,20)16-9-14(10-18)11(2)8-12(16)3/h8-9,13,15,18H,5-7,10H2,1-4H3. The van der Waals surface area contributed by atoms with Crippen LogP contribution >= 0.6 is 0 Å². The molecular weight excluding hydrogens is 286 g/mol. The van der Waals surface area contributed by atoms with Gasteiger partial charge in [-0.25, -0.2) is 8.42 Å². The topological polar surface area (TPSA) is 57.6 Å². The highest BCUT2D eigenvalue weighted by Crippen LogP contribution is 2.34. The molecule has 0 aromatic heterocycles. The van der Waals surface area contributed by atoms with Crippen LogP contribution in [0.15, 0.2) is 17.0 Å². The van der Waals surface area contributed by atoms with Crippen LogP contribution in [0.1, 0.15) is 49.8 Å². The van der Waals surface area contributed by atoms with Crippen LogP contribution in [0.25, 0.3) is 0 Å². The number of benzene rings is 1. The lowest BCUT2D eigenvalue weighted by Gasteiger charge is -2.28. The molecule has 0 bridgehead atoms. The Morgan fingerprint density at radius 3 is 2.48 bits per heavy atom. The second-order valence-corrected chi connectivity index (χ2v) is 7.84. The summed E-state index contributed by atoms with van der Waals surface area (Å²) in [5, 5.41) is 9.41. The molecular formula is C16H25NO3S. The van der Waals surface area contributed by atoms with E-state index in [0.29, 0.717) is 10.5 Å². The Balaban J connectivity index is 2.54. The van der Waals surface area contributed by atoms with Gasteiger partial charge in [-0.2, -0.15) is 4.31 Å². The van der Waals surface area contributed by atoms with Crippen LogP contribution in [0.5, 0.6) is 0 Å². The number of rotatable bonds is 4. The molecule has 1 aliphatic rings. The monoisotopic (exact) mass is 311 g/mol. The minimum absolute atomic E-state index is 0.0400. The summed E-state index contributed by atoms with van der Waals surface area (Å²) in [5.41, 5.74) is 2.35. The Kier molecular flexibility index (Phi) is 4.76. The summed E-state index contributed by atoms with van der Waals surface area (Å²) in [6, 6.07) is 3.61. The zero-order valence-corrected chi connectivity index (χ0v) is 14.1. The Hall–Kier alpha value is -0.910. The molecule has 0 radical (unpaired) electrons. The van der Waals surface area contributed by atoms with Crippen molar-refractivity contribution in [3.05, 3.63) is 28.8 Å². The average Bonchev–Trinajstić information content (AvgIpc) is 2.80. The molecule has 2 rings (SSSR count). The Labute approximate surface area is 127 Å². The van der Waals surface area contributed by atoms with Gasteiger partial charge < -0.3 is 5.11 Å². The number of sulfonamides is 1. The normalized spacial score (nSPS) is 23.7. The summed E-state index contributed by atoms with van der Waals surface area (Å²) in [6.07, 6.45) is 2.67. The van der Waals surface area contributed by atoms with E-state index in [1.807, 2.05) is 33.8 Å². The summed E-state index contributed by atoms with van der Waals surface area (Å²) in [6.45, 7) is 7.59. The molecule has 1 aromatic rings. The maximum atomic E-state index is 13.1. The lowest BCUT2D eigenvalue weighted by atomic mass is 10.1. The van der Waals surface area contributed by atoms with E-state index in [1.165, 1.54) is 0 Å². The zero-order chi connectivity index (χ0) is 15.8. The van der Waals surface area contributed by atoms with Gasteiger partial charge in [-0.1, -0.05) is 13.0 Å². The summed E-state index contributed by atoms with van der Waals surface area (Å²) in [7, 11) is -3.51. The number of nitrogens with zero attached hydrogens (tertiary/aromatic N) is 1. The zero-order valence-electron chi connectivity index (χ0n) is 13.3. The quantitative estimate of drug-likeness (QED) is 0.930. The van der Waals surface area contributed by atoms with Crippen molar-refractivity contribution in [2.24, 2.45) is 0 Å². The molecule has 2 unspecified atom stereocenters. The Bertz CT molecular complexity index is 625. The first-order valence-corrected chi connectivity index (χ1v) is 9.01. The molecule has 1 fully saturated rings. The van der Waals surface area contributed by atoms with Gasteiger partial charge in [0.2, 0.25) is 10.0 Å². The van der Waals surface area contributed by atoms with Crippen molar-refractivity contribution in [3.8, 4) is 0 Å². The van der Waals surface area contributed by atoms with Crippen LogP contribution in [0.4, 0.5) is 0 Å². The molecule has 1 aliphatic heterocycles. The molecule has 0 aliphatic carbocycles. The average molecular weight is 311 g/mol. The molecule has 2 atom stereocenters. The summed E-state index contributed by atoms with van der Waals surface area (Å²) in [4.78, 5) is 0.337. The fourth-order valence-corrected chi connectivity index (χ4v) is 5.51. The molecule has 0 amide bonds. The van der Waals surface area contributed by atoms with Crippen LogP contribution in [0.2, 0.25) is 0 Å².